The third-order valence-corrected chi connectivity index (χ3v) is 5.16. The molecule has 1 aliphatic heterocycles. The molecule has 0 fully saturated rings. The number of thiazole rings is 1. The second kappa shape index (κ2) is 6.72. The predicted molar refractivity (Wildman–Crippen MR) is 103 cm³/mol. The molecule has 4 rings (SSSR count). The number of anilines is 2. The summed E-state index contributed by atoms with van der Waals surface area (Å²) < 4.78 is 0. The highest BCUT2D eigenvalue weighted by molar-refractivity contribution is 7.10. The molecule has 1 aromatic heterocycles. The van der Waals surface area contributed by atoms with Gasteiger partial charge in [0.1, 0.15) is 5.01 Å². The highest BCUT2D eigenvalue weighted by Gasteiger charge is 2.18. The summed E-state index contributed by atoms with van der Waals surface area (Å²) in [7, 11) is 0. The Balaban J connectivity index is 1.47. The SMILES string of the molecule is Cc1ccccc1NC(=O)Cc1nc(-c2ccc3c(c2)CC(=O)N3)cs1. The standard InChI is InChI=1S/C20H17N3O2S/c1-12-4-2-3-5-15(12)21-19(25)10-20-23-17(11-26-20)13-6-7-16-14(8-13)9-18(24)22-16/h2-8,11H,9-10H2,1H3,(H,21,25)(H,22,24). The third-order valence-electron chi connectivity index (χ3n) is 4.31. The van der Waals surface area contributed by atoms with Gasteiger partial charge in [-0.2, -0.15) is 0 Å². The smallest absolute Gasteiger partial charge is 0.231 e. The highest BCUT2D eigenvalue weighted by atomic mass is 32.1. The molecule has 5 nitrogen and oxygen atoms in total. The number of para-hydroxylation sites is 1. The topological polar surface area (TPSA) is 71.1 Å². The van der Waals surface area contributed by atoms with E-state index in [2.05, 4.69) is 15.6 Å². The second-order valence-electron chi connectivity index (χ2n) is 6.26. The van der Waals surface area contributed by atoms with Crippen molar-refractivity contribution in [2.75, 3.05) is 10.6 Å². The quantitative estimate of drug-likeness (QED) is 0.741. The number of nitrogens with one attached hydrogen (secondary N) is 2. The number of benzene rings is 2. The van der Waals surface area contributed by atoms with Crippen molar-refractivity contribution >= 4 is 34.5 Å². The molecule has 130 valence electrons. The molecular formula is C20H17N3O2S. The van der Waals surface area contributed by atoms with Crippen molar-refractivity contribution in [1.29, 1.82) is 0 Å². The summed E-state index contributed by atoms with van der Waals surface area (Å²) in [6, 6.07) is 13.5. The van der Waals surface area contributed by atoms with Gasteiger partial charge in [0.15, 0.2) is 0 Å². The maximum absolute atomic E-state index is 12.3. The van der Waals surface area contributed by atoms with Crippen LogP contribution in [-0.4, -0.2) is 16.8 Å². The van der Waals surface area contributed by atoms with Crippen LogP contribution in [0.1, 0.15) is 16.1 Å². The Labute approximate surface area is 155 Å². The lowest BCUT2D eigenvalue weighted by molar-refractivity contribution is -0.116. The van der Waals surface area contributed by atoms with Crippen molar-refractivity contribution in [3.63, 3.8) is 0 Å². The molecule has 3 aromatic rings. The number of fused-ring (bicyclic) bond motifs is 1. The van der Waals surface area contributed by atoms with Gasteiger partial charge in [-0.1, -0.05) is 24.3 Å². The Bertz CT molecular complexity index is 1010. The number of carbonyl (C=O) groups is 2. The van der Waals surface area contributed by atoms with Gasteiger partial charge in [-0.05, 0) is 36.2 Å². The zero-order chi connectivity index (χ0) is 18.1. The highest BCUT2D eigenvalue weighted by Crippen LogP contribution is 2.29. The maximum Gasteiger partial charge on any atom is 0.231 e. The van der Waals surface area contributed by atoms with Gasteiger partial charge in [0.05, 0.1) is 18.5 Å². The van der Waals surface area contributed by atoms with Crippen molar-refractivity contribution < 1.29 is 9.59 Å². The Morgan fingerprint density at radius 1 is 1.27 bits per heavy atom. The van der Waals surface area contributed by atoms with E-state index < -0.39 is 0 Å². The van der Waals surface area contributed by atoms with Crippen molar-refractivity contribution in [2.45, 2.75) is 19.8 Å². The maximum atomic E-state index is 12.3. The zero-order valence-corrected chi connectivity index (χ0v) is 15.0. The molecule has 2 aromatic carbocycles. The number of rotatable bonds is 4. The molecule has 0 atom stereocenters. The summed E-state index contributed by atoms with van der Waals surface area (Å²) in [5, 5.41) is 8.47. The van der Waals surface area contributed by atoms with E-state index >= 15 is 0 Å². The Kier molecular flexibility index (Phi) is 4.26. The summed E-state index contributed by atoms with van der Waals surface area (Å²) in [6.45, 7) is 1.96. The fourth-order valence-electron chi connectivity index (χ4n) is 2.96. The molecule has 6 heteroatoms. The number of aryl methyl sites for hydroxylation is 1. The van der Waals surface area contributed by atoms with E-state index in [9.17, 15) is 9.59 Å². The first-order valence-corrected chi connectivity index (χ1v) is 9.19. The normalized spacial score (nSPS) is 12.6. The van der Waals surface area contributed by atoms with Gasteiger partial charge in [0.25, 0.3) is 0 Å². The molecule has 2 N–H and O–H groups in total. The third kappa shape index (κ3) is 3.36. The van der Waals surface area contributed by atoms with E-state index in [4.69, 9.17) is 0 Å². The fourth-order valence-corrected chi connectivity index (χ4v) is 3.76. The number of hydrogen-bond donors (Lipinski definition) is 2. The lowest BCUT2D eigenvalue weighted by Crippen LogP contribution is -2.14. The van der Waals surface area contributed by atoms with Crippen LogP contribution in [0, 0.1) is 6.92 Å². The van der Waals surface area contributed by atoms with E-state index in [1.807, 2.05) is 54.8 Å². The molecule has 0 spiro atoms. The number of nitrogens with zero attached hydrogens (tertiary/aromatic N) is 1. The second-order valence-corrected chi connectivity index (χ2v) is 7.21. The summed E-state index contributed by atoms with van der Waals surface area (Å²) >= 11 is 1.47. The van der Waals surface area contributed by atoms with Gasteiger partial charge < -0.3 is 10.6 Å². The molecule has 26 heavy (non-hydrogen) atoms. The summed E-state index contributed by atoms with van der Waals surface area (Å²) in [6.07, 6.45) is 0.642. The number of amides is 2. The predicted octanol–water partition coefficient (Wildman–Crippen LogP) is 3.79. The molecule has 0 unspecified atom stereocenters. The van der Waals surface area contributed by atoms with Crippen LogP contribution in [0.3, 0.4) is 0 Å². The van der Waals surface area contributed by atoms with Gasteiger partial charge in [0, 0.05) is 22.3 Å². The van der Waals surface area contributed by atoms with Crippen LogP contribution in [0.25, 0.3) is 11.3 Å². The Morgan fingerprint density at radius 3 is 2.96 bits per heavy atom. The molecule has 1 aliphatic rings. The van der Waals surface area contributed by atoms with E-state index in [0.29, 0.717) is 6.42 Å². The van der Waals surface area contributed by atoms with Crippen molar-refractivity contribution in [2.24, 2.45) is 0 Å². The minimum absolute atomic E-state index is 0.0176. The van der Waals surface area contributed by atoms with Crippen LogP contribution in [0.15, 0.2) is 47.8 Å². The summed E-state index contributed by atoms with van der Waals surface area (Å²) in [4.78, 5) is 28.3. The van der Waals surface area contributed by atoms with E-state index in [-0.39, 0.29) is 18.2 Å². The molecule has 0 radical (unpaired) electrons. The largest absolute Gasteiger partial charge is 0.326 e. The molecular weight excluding hydrogens is 346 g/mol. The first-order valence-electron chi connectivity index (χ1n) is 8.31. The zero-order valence-electron chi connectivity index (χ0n) is 14.2. The monoisotopic (exact) mass is 363 g/mol. The van der Waals surface area contributed by atoms with Crippen LogP contribution < -0.4 is 10.6 Å². The number of carbonyl (C=O) groups excluding carboxylic acids is 2. The Hall–Kier alpha value is -2.99. The summed E-state index contributed by atoms with van der Waals surface area (Å²) in [5.41, 5.74) is 5.50. The average molecular weight is 363 g/mol. The van der Waals surface area contributed by atoms with Crippen LogP contribution in [0.4, 0.5) is 11.4 Å². The van der Waals surface area contributed by atoms with Crippen molar-refractivity contribution in [3.8, 4) is 11.3 Å². The first kappa shape index (κ1) is 16.5. The van der Waals surface area contributed by atoms with E-state index in [1.54, 1.807) is 0 Å². The van der Waals surface area contributed by atoms with Gasteiger partial charge in [-0.3, -0.25) is 9.59 Å². The van der Waals surface area contributed by atoms with Crippen LogP contribution in [0.2, 0.25) is 0 Å². The molecule has 0 saturated carbocycles. The Morgan fingerprint density at radius 2 is 2.12 bits per heavy atom. The minimum atomic E-state index is -0.0797. The van der Waals surface area contributed by atoms with Crippen LogP contribution >= 0.6 is 11.3 Å². The summed E-state index contributed by atoms with van der Waals surface area (Å²) in [5.74, 6) is -0.0621. The minimum Gasteiger partial charge on any atom is -0.326 e. The molecule has 0 saturated heterocycles. The van der Waals surface area contributed by atoms with Gasteiger partial charge in [0.2, 0.25) is 11.8 Å². The van der Waals surface area contributed by atoms with Gasteiger partial charge in [-0.15, -0.1) is 11.3 Å². The first-order chi connectivity index (χ1) is 12.6. The fraction of sp³-hybridized carbons (Fsp3) is 0.150. The number of hydrogen-bond acceptors (Lipinski definition) is 4. The van der Waals surface area contributed by atoms with Crippen LogP contribution in [0.5, 0.6) is 0 Å². The lowest BCUT2D eigenvalue weighted by Gasteiger charge is -2.06. The van der Waals surface area contributed by atoms with E-state index in [0.717, 1.165) is 38.8 Å². The molecule has 0 aliphatic carbocycles. The average Bonchev–Trinajstić information content (AvgIpc) is 3.21. The molecule has 0 bridgehead atoms. The molecule has 2 amide bonds. The van der Waals surface area contributed by atoms with E-state index in [1.165, 1.54) is 11.3 Å². The van der Waals surface area contributed by atoms with Crippen molar-refractivity contribution in [1.82, 2.24) is 4.98 Å². The van der Waals surface area contributed by atoms with Crippen LogP contribution in [-0.2, 0) is 22.4 Å². The van der Waals surface area contributed by atoms with Crippen molar-refractivity contribution in [3.05, 3.63) is 64.0 Å². The molecule has 2 heterocycles. The van der Waals surface area contributed by atoms with Gasteiger partial charge >= 0.3 is 0 Å². The lowest BCUT2D eigenvalue weighted by atomic mass is 10.1. The number of aromatic nitrogens is 1. The van der Waals surface area contributed by atoms with Gasteiger partial charge in [-0.25, -0.2) is 4.98 Å².